The van der Waals surface area contributed by atoms with Gasteiger partial charge in [-0.2, -0.15) is 15.8 Å². The minimum atomic E-state index is -1.60. The van der Waals surface area contributed by atoms with Crippen LogP contribution in [0.25, 0.3) is 0 Å². The molecule has 2 bridgehead atoms. The third-order valence-electron chi connectivity index (χ3n) is 6.43. The van der Waals surface area contributed by atoms with Gasteiger partial charge >= 0.3 is 0 Å². The lowest BCUT2D eigenvalue weighted by molar-refractivity contribution is 0.160. The Bertz CT molecular complexity index is 989. The van der Waals surface area contributed by atoms with E-state index in [9.17, 15) is 15.8 Å². The van der Waals surface area contributed by atoms with E-state index in [1.807, 2.05) is 12.1 Å². The summed E-state index contributed by atoms with van der Waals surface area (Å²) in [5, 5.41) is 30.5. The zero-order valence-electron chi connectivity index (χ0n) is 14.9. The highest BCUT2D eigenvalue weighted by atomic mass is 35.5. The molecule has 2 aliphatic heterocycles. The number of likely N-dealkylation sites (N-methyl/N-ethyl adjacent to an activating group) is 1. The average molecular weight is 376 g/mol. The Morgan fingerprint density at radius 1 is 1.22 bits per heavy atom. The molecule has 5 nitrogen and oxygen atoms in total. The van der Waals surface area contributed by atoms with Gasteiger partial charge in [-0.15, -0.1) is 0 Å². The summed E-state index contributed by atoms with van der Waals surface area (Å²) in [4.78, 5) is 2.29. The molecule has 1 fully saturated rings. The molecule has 0 spiro atoms. The molecule has 27 heavy (non-hydrogen) atoms. The minimum absolute atomic E-state index is 0.0615. The van der Waals surface area contributed by atoms with E-state index in [0.717, 1.165) is 24.0 Å². The molecular weight excluding hydrogens is 358 g/mol. The van der Waals surface area contributed by atoms with Crippen molar-refractivity contribution in [2.45, 2.75) is 30.8 Å². The second-order valence-corrected chi connectivity index (χ2v) is 7.93. The molecule has 6 heteroatoms. The van der Waals surface area contributed by atoms with E-state index in [2.05, 4.69) is 36.2 Å². The van der Waals surface area contributed by atoms with Crippen LogP contribution in [0.4, 0.5) is 0 Å². The second kappa shape index (κ2) is 6.14. The van der Waals surface area contributed by atoms with Gasteiger partial charge in [-0.25, -0.2) is 0 Å². The van der Waals surface area contributed by atoms with Crippen molar-refractivity contribution >= 4 is 11.6 Å². The van der Waals surface area contributed by atoms with Gasteiger partial charge in [-0.3, -0.25) is 4.90 Å². The van der Waals surface area contributed by atoms with Gasteiger partial charge in [0, 0.05) is 28.9 Å². The Kier molecular flexibility index (Phi) is 4.01. The maximum absolute atomic E-state index is 10.1. The first-order valence-corrected chi connectivity index (χ1v) is 9.28. The first kappa shape index (κ1) is 17.6. The molecule has 0 radical (unpaired) electrons. The normalized spacial score (nSPS) is 31.3. The monoisotopic (exact) mass is 375 g/mol. The summed E-state index contributed by atoms with van der Waals surface area (Å²) in [7, 11) is 2.07. The van der Waals surface area contributed by atoms with Crippen molar-refractivity contribution in [3.63, 3.8) is 0 Å². The molecule has 1 aliphatic carbocycles. The van der Waals surface area contributed by atoms with E-state index in [-0.39, 0.29) is 23.7 Å². The molecule has 134 valence electrons. The van der Waals surface area contributed by atoms with Crippen LogP contribution in [0.5, 0.6) is 0 Å². The van der Waals surface area contributed by atoms with Gasteiger partial charge in [0.25, 0.3) is 0 Å². The number of halogens is 1. The summed E-state index contributed by atoms with van der Waals surface area (Å²) in [5.74, 6) is -0.644. The highest BCUT2D eigenvalue weighted by Crippen LogP contribution is 2.58. The van der Waals surface area contributed by atoms with E-state index >= 15 is 0 Å². The SMILES string of the molecule is CN1[C@@H]2CC[C@@H]1C=C1C(C#N)=C(N)C(C#N)(C#N)[C@@H](c3cccc(Cl)c3)[C@@H]12. The van der Waals surface area contributed by atoms with Gasteiger partial charge in [0.15, 0.2) is 5.41 Å². The summed E-state index contributed by atoms with van der Waals surface area (Å²) in [6, 6.07) is 14.2. The average Bonchev–Trinajstić information content (AvgIpc) is 2.90. The van der Waals surface area contributed by atoms with Crippen molar-refractivity contribution in [1.82, 2.24) is 4.90 Å². The van der Waals surface area contributed by atoms with Crippen molar-refractivity contribution in [3.8, 4) is 18.2 Å². The molecule has 0 unspecified atom stereocenters. The quantitative estimate of drug-likeness (QED) is 0.812. The molecule has 2 heterocycles. The lowest BCUT2D eigenvalue weighted by Crippen LogP contribution is -2.51. The molecular formula is C21H18ClN5. The molecule has 0 amide bonds. The van der Waals surface area contributed by atoms with Crippen LogP contribution in [0.3, 0.4) is 0 Å². The maximum Gasteiger partial charge on any atom is 0.191 e. The third-order valence-corrected chi connectivity index (χ3v) is 6.67. The van der Waals surface area contributed by atoms with Crippen LogP contribution in [0, 0.1) is 45.3 Å². The molecule has 1 aromatic carbocycles. The number of fused-ring (bicyclic) bond motifs is 4. The molecule has 1 saturated heterocycles. The summed E-state index contributed by atoms with van der Waals surface area (Å²) < 4.78 is 0. The van der Waals surface area contributed by atoms with Crippen LogP contribution in [0.15, 0.2) is 47.2 Å². The number of rotatable bonds is 1. The number of benzene rings is 1. The van der Waals surface area contributed by atoms with Gasteiger partial charge in [0.1, 0.15) is 6.07 Å². The van der Waals surface area contributed by atoms with Crippen LogP contribution >= 0.6 is 11.6 Å². The highest BCUT2D eigenvalue weighted by Gasteiger charge is 2.58. The van der Waals surface area contributed by atoms with Gasteiger partial charge in [0.2, 0.25) is 0 Å². The Balaban J connectivity index is 2.06. The van der Waals surface area contributed by atoms with Gasteiger partial charge in [-0.05, 0) is 43.2 Å². The van der Waals surface area contributed by atoms with Crippen LogP contribution in [-0.4, -0.2) is 24.0 Å². The number of allylic oxidation sites excluding steroid dienone is 2. The zero-order chi connectivity index (χ0) is 19.3. The second-order valence-electron chi connectivity index (χ2n) is 7.49. The third kappa shape index (κ3) is 2.25. The lowest BCUT2D eigenvalue weighted by atomic mass is 9.56. The van der Waals surface area contributed by atoms with Gasteiger partial charge in [0.05, 0.1) is 23.4 Å². The van der Waals surface area contributed by atoms with E-state index in [1.165, 1.54) is 0 Å². The van der Waals surface area contributed by atoms with E-state index in [1.54, 1.807) is 12.1 Å². The molecule has 1 aromatic rings. The fourth-order valence-electron chi connectivity index (χ4n) is 5.16. The zero-order valence-corrected chi connectivity index (χ0v) is 15.6. The van der Waals surface area contributed by atoms with Gasteiger partial charge in [-0.1, -0.05) is 29.8 Å². The van der Waals surface area contributed by atoms with Crippen molar-refractivity contribution in [2.75, 3.05) is 7.05 Å². The fraction of sp³-hybridized carbons (Fsp3) is 0.381. The summed E-state index contributed by atoms with van der Waals surface area (Å²) in [5.41, 5.74) is 6.78. The standard InChI is InChI=1S/C21H18ClN5/c1-27-14-5-6-17(27)18-15(8-14)16(9-23)20(26)21(10-24,11-25)19(18)12-3-2-4-13(22)7-12/h2-4,7-8,14,17-19H,5-6,26H2,1H3/t14-,17-,18+,19+/m1/s1. The van der Waals surface area contributed by atoms with Crippen molar-refractivity contribution < 1.29 is 0 Å². The van der Waals surface area contributed by atoms with Crippen LogP contribution in [0.2, 0.25) is 5.02 Å². The molecule has 3 aliphatic rings. The number of hydrogen-bond acceptors (Lipinski definition) is 5. The Hall–Kier alpha value is -2.78. The summed E-state index contributed by atoms with van der Waals surface area (Å²) >= 11 is 6.23. The van der Waals surface area contributed by atoms with Crippen molar-refractivity contribution in [2.24, 2.45) is 17.1 Å². The molecule has 0 saturated carbocycles. The van der Waals surface area contributed by atoms with Crippen molar-refractivity contribution in [3.05, 3.63) is 57.8 Å². The molecule has 4 rings (SSSR count). The summed E-state index contributed by atoms with van der Waals surface area (Å²) in [6.07, 6.45) is 4.05. The first-order chi connectivity index (χ1) is 13.0. The largest absolute Gasteiger partial charge is 0.399 e. The van der Waals surface area contributed by atoms with Crippen molar-refractivity contribution in [1.29, 1.82) is 15.8 Å². The number of nitriles is 3. The minimum Gasteiger partial charge on any atom is -0.399 e. The Labute approximate surface area is 163 Å². The van der Waals surface area contributed by atoms with E-state index in [0.29, 0.717) is 10.6 Å². The molecule has 4 atom stereocenters. The van der Waals surface area contributed by atoms with Crippen LogP contribution in [-0.2, 0) is 0 Å². The lowest BCUT2D eigenvalue weighted by Gasteiger charge is -2.48. The first-order valence-electron chi connectivity index (χ1n) is 8.90. The van der Waals surface area contributed by atoms with Gasteiger partial charge < -0.3 is 5.73 Å². The maximum atomic E-state index is 10.1. The number of hydrogen-bond donors (Lipinski definition) is 1. The predicted molar refractivity (Wildman–Crippen MR) is 101 cm³/mol. The number of nitrogens with two attached hydrogens (primary N) is 1. The fourth-order valence-corrected chi connectivity index (χ4v) is 5.36. The highest BCUT2D eigenvalue weighted by molar-refractivity contribution is 6.30. The van der Waals surface area contributed by atoms with Crippen LogP contribution in [0.1, 0.15) is 24.3 Å². The molecule has 2 N–H and O–H groups in total. The smallest absolute Gasteiger partial charge is 0.191 e. The molecule has 0 aromatic heterocycles. The predicted octanol–water partition coefficient (Wildman–Crippen LogP) is 3.23. The summed E-state index contributed by atoms with van der Waals surface area (Å²) in [6.45, 7) is 0. The Morgan fingerprint density at radius 3 is 2.59 bits per heavy atom. The van der Waals surface area contributed by atoms with E-state index in [4.69, 9.17) is 17.3 Å². The Morgan fingerprint density at radius 2 is 1.96 bits per heavy atom. The number of nitrogens with zero attached hydrogens (tertiary/aromatic N) is 4. The van der Waals surface area contributed by atoms with E-state index < -0.39 is 11.3 Å². The topological polar surface area (TPSA) is 101 Å². The van der Waals surface area contributed by atoms with Crippen LogP contribution < -0.4 is 5.73 Å².